The minimum Gasteiger partial charge on any atom is -0.246 e. The maximum atomic E-state index is 12.4. The predicted octanol–water partition coefficient (Wildman–Crippen LogP) is 3.50. The smallest absolute Gasteiger partial charge is 0.111 e. The second kappa shape index (κ2) is 5.11. The summed E-state index contributed by atoms with van der Waals surface area (Å²) in [5.41, 5.74) is 1.97. The zero-order valence-electron chi connectivity index (χ0n) is 7.82. The Morgan fingerprint density at radius 2 is 2.00 bits per heavy atom. The Labute approximate surface area is 68.8 Å². The lowest BCUT2D eigenvalue weighted by atomic mass is 9.99. The highest BCUT2D eigenvalue weighted by atomic mass is 19.1. The van der Waals surface area contributed by atoms with Crippen LogP contribution in [-0.2, 0) is 0 Å². The lowest BCUT2D eigenvalue weighted by Crippen LogP contribution is -1.98. The van der Waals surface area contributed by atoms with Crippen LogP contribution in [0.4, 0.5) is 4.39 Å². The third kappa shape index (κ3) is 3.35. The fraction of sp³-hybridized carbons (Fsp3) is 0.600. The molecule has 0 amide bonds. The highest BCUT2D eigenvalue weighted by Gasteiger charge is 2.04. The van der Waals surface area contributed by atoms with Gasteiger partial charge in [-0.2, -0.15) is 0 Å². The molecule has 0 aromatic rings. The molecule has 0 rings (SSSR count). The van der Waals surface area contributed by atoms with Crippen LogP contribution in [0.5, 0.6) is 0 Å². The fourth-order valence-corrected chi connectivity index (χ4v) is 1.07. The summed E-state index contributed by atoms with van der Waals surface area (Å²) in [7, 11) is 0. The number of alkyl halides is 1. The average Bonchev–Trinajstić information content (AvgIpc) is 1.88. The van der Waals surface area contributed by atoms with Crippen LogP contribution < -0.4 is 0 Å². The van der Waals surface area contributed by atoms with Gasteiger partial charge in [0.1, 0.15) is 6.67 Å². The van der Waals surface area contributed by atoms with E-state index in [0.717, 1.165) is 11.1 Å². The second-order valence-corrected chi connectivity index (χ2v) is 3.00. The van der Waals surface area contributed by atoms with E-state index in [0.29, 0.717) is 5.92 Å². The van der Waals surface area contributed by atoms with E-state index in [1.165, 1.54) is 0 Å². The van der Waals surface area contributed by atoms with E-state index in [1.54, 1.807) is 0 Å². The van der Waals surface area contributed by atoms with Gasteiger partial charge in [0.05, 0.1) is 0 Å². The van der Waals surface area contributed by atoms with Crippen molar-refractivity contribution in [1.82, 2.24) is 0 Å². The number of allylic oxidation sites excluding steroid dienone is 4. The number of hydrogen-bond acceptors (Lipinski definition) is 0. The monoisotopic (exact) mass is 156 g/mol. The Hall–Kier alpha value is -0.590. The van der Waals surface area contributed by atoms with E-state index in [2.05, 4.69) is 0 Å². The zero-order chi connectivity index (χ0) is 8.85. The summed E-state index contributed by atoms with van der Waals surface area (Å²) >= 11 is 0. The molecule has 11 heavy (non-hydrogen) atoms. The van der Waals surface area contributed by atoms with Crippen LogP contribution in [0.3, 0.4) is 0 Å². The first-order chi connectivity index (χ1) is 5.13. The quantitative estimate of drug-likeness (QED) is 0.548. The van der Waals surface area contributed by atoms with Gasteiger partial charge in [-0.3, -0.25) is 0 Å². The van der Waals surface area contributed by atoms with Crippen molar-refractivity contribution in [3.05, 3.63) is 23.3 Å². The van der Waals surface area contributed by atoms with Crippen molar-refractivity contribution < 1.29 is 4.39 Å². The van der Waals surface area contributed by atoms with Gasteiger partial charge >= 0.3 is 0 Å². The average molecular weight is 156 g/mol. The van der Waals surface area contributed by atoms with Crippen molar-refractivity contribution in [3.63, 3.8) is 0 Å². The lowest BCUT2D eigenvalue weighted by Gasteiger charge is -2.09. The van der Waals surface area contributed by atoms with E-state index in [1.807, 2.05) is 39.8 Å². The van der Waals surface area contributed by atoms with Gasteiger partial charge in [0.2, 0.25) is 0 Å². The first-order valence-corrected chi connectivity index (χ1v) is 4.01. The maximum absolute atomic E-state index is 12.4. The molecule has 64 valence electrons. The summed E-state index contributed by atoms with van der Waals surface area (Å²) in [6, 6.07) is 0. The number of halogens is 1. The van der Waals surface area contributed by atoms with Crippen molar-refractivity contribution in [3.8, 4) is 0 Å². The van der Waals surface area contributed by atoms with Crippen LogP contribution in [0.25, 0.3) is 0 Å². The molecule has 1 heteroatoms. The van der Waals surface area contributed by atoms with Gasteiger partial charge < -0.3 is 0 Å². The molecule has 0 aromatic carbocycles. The van der Waals surface area contributed by atoms with Crippen LogP contribution in [-0.4, -0.2) is 6.67 Å². The molecule has 0 aliphatic rings. The molecule has 0 unspecified atom stereocenters. The molecule has 0 aromatic heterocycles. The minimum absolute atomic E-state index is 0.316. The summed E-state index contributed by atoms with van der Waals surface area (Å²) in [5, 5.41) is 0. The Morgan fingerprint density at radius 1 is 1.45 bits per heavy atom. The van der Waals surface area contributed by atoms with Crippen molar-refractivity contribution in [2.45, 2.75) is 27.7 Å². The highest BCUT2D eigenvalue weighted by Crippen LogP contribution is 2.15. The van der Waals surface area contributed by atoms with Gasteiger partial charge in [-0.05, 0) is 30.9 Å². The fourth-order valence-electron chi connectivity index (χ4n) is 1.07. The Kier molecular flexibility index (Phi) is 4.84. The molecule has 0 bridgehead atoms. The van der Waals surface area contributed by atoms with Gasteiger partial charge in [0.25, 0.3) is 0 Å². The normalized spacial score (nSPS) is 14.4. The summed E-state index contributed by atoms with van der Waals surface area (Å²) < 4.78 is 12.4. The summed E-state index contributed by atoms with van der Waals surface area (Å²) in [4.78, 5) is 0. The van der Waals surface area contributed by atoms with Gasteiger partial charge in [-0.25, -0.2) is 4.39 Å². The standard InChI is InChI=1S/C10H17F/c1-5-6-9(4)10(7-11)8(2)3/h5-6,8H,7H2,1-4H3/b6-5-,10-9+. The molecule has 0 atom stereocenters. The van der Waals surface area contributed by atoms with Gasteiger partial charge in [0, 0.05) is 0 Å². The minimum atomic E-state index is -0.326. The Bertz CT molecular complexity index is 164. The molecule has 0 aliphatic heterocycles. The van der Waals surface area contributed by atoms with Gasteiger partial charge in [-0.1, -0.05) is 26.0 Å². The van der Waals surface area contributed by atoms with Crippen molar-refractivity contribution in [2.75, 3.05) is 6.67 Å². The number of hydrogen-bond donors (Lipinski definition) is 0. The molecule has 0 saturated heterocycles. The van der Waals surface area contributed by atoms with Gasteiger partial charge in [-0.15, -0.1) is 0 Å². The largest absolute Gasteiger partial charge is 0.246 e. The summed E-state index contributed by atoms with van der Waals surface area (Å²) in [6.07, 6.45) is 3.89. The molecule has 0 radical (unpaired) electrons. The van der Waals surface area contributed by atoms with Crippen LogP contribution in [0.2, 0.25) is 0 Å². The second-order valence-electron chi connectivity index (χ2n) is 3.00. The number of rotatable bonds is 3. The van der Waals surface area contributed by atoms with E-state index in [9.17, 15) is 4.39 Å². The predicted molar refractivity (Wildman–Crippen MR) is 48.3 cm³/mol. The van der Waals surface area contributed by atoms with E-state index < -0.39 is 0 Å². The molecule has 0 aliphatic carbocycles. The van der Waals surface area contributed by atoms with Crippen LogP contribution in [0.15, 0.2) is 23.3 Å². The molecule has 0 N–H and O–H groups in total. The van der Waals surface area contributed by atoms with Crippen LogP contribution in [0.1, 0.15) is 27.7 Å². The molecule has 0 fully saturated rings. The highest BCUT2D eigenvalue weighted by molar-refractivity contribution is 5.24. The van der Waals surface area contributed by atoms with E-state index >= 15 is 0 Å². The van der Waals surface area contributed by atoms with Crippen LogP contribution >= 0.6 is 0 Å². The SMILES string of the molecule is C/C=C\C(C)=C(/CF)C(C)C. The Balaban J connectivity index is 4.53. The van der Waals surface area contributed by atoms with Crippen molar-refractivity contribution >= 4 is 0 Å². The third-order valence-electron chi connectivity index (χ3n) is 1.76. The first-order valence-electron chi connectivity index (χ1n) is 4.01. The topological polar surface area (TPSA) is 0 Å². The molecule has 0 nitrogen and oxygen atoms in total. The van der Waals surface area contributed by atoms with Crippen molar-refractivity contribution in [1.29, 1.82) is 0 Å². The van der Waals surface area contributed by atoms with E-state index in [-0.39, 0.29) is 6.67 Å². The third-order valence-corrected chi connectivity index (χ3v) is 1.76. The molecule has 0 heterocycles. The Morgan fingerprint density at radius 3 is 2.27 bits per heavy atom. The molecule has 0 spiro atoms. The summed E-state index contributed by atoms with van der Waals surface area (Å²) in [5.74, 6) is 0.316. The van der Waals surface area contributed by atoms with Crippen LogP contribution in [0, 0.1) is 5.92 Å². The maximum Gasteiger partial charge on any atom is 0.111 e. The molecular formula is C10H17F. The first kappa shape index (κ1) is 10.4. The zero-order valence-corrected chi connectivity index (χ0v) is 7.82. The molecule has 0 saturated carbocycles. The molecular weight excluding hydrogens is 139 g/mol. The van der Waals surface area contributed by atoms with Crippen molar-refractivity contribution in [2.24, 2.45) is 5.92 Å². The van der Waals surface area contributed by atoms with E-state index in [4.69, 9.17) is 0 Å². The summed E-state index contributed by atoms with van der Waals surface area (Å²) in [6.45, 7) is 7.60. The van der Waals surface area contributed by atoms with Gasteiger partial charge in [0.15, 0.2) is 0 Å². The lowest BCUT2D eigenvalue weighted by molar-refractivity contribution is 0.506.